The molecule has 0 aromatic carbocycles. The van der Waals surface area contributed by atoms with Crippen molar-refractivity contribution in [3.05, 3.63) is 27.9 Å². The summed E-state index contributed by atoms with van der Waals surface area (Å²) in [5.41, 5.74) is 0.0645. The van der Waals surface area contributed by atoms with Gasteiger partial charge in [0.05, 0.1) is 5.56 Å². The van der Waals surface area contributed by atoms with Gasteiger partial charge in [0.2, 0.25) is 11.0 Å². The third kappa shape index (κ3) is 6.13. The Kier molecular flexibility index (Phi) is 6.54. The number of hydrogen-bond acceptors (Lipinski definition) is 6. The quantitative estimate of drug-likeness (QED) is 0.764. The molecule has 0 bridgehead atoms. The highest BCUT2D eigenvalue weighted by atomic mass is 35.5. The fraction of sp³-hybridized carbons (Fsp3) is 0.429. The summed E-state index contributed by atoms with van der Waals surface area (Å²) in [4.78, 5) is 15.8. The molecule has 2 heterocycles. The zero-order valence-corrected chi connectivity index (χ0v) is 14.6. The number of rotatable bonds is 7. The number of pyridine rings is 1. The molecule has 0 saturated heterocycles. The van der Waals surface area contributed by atoms with Gasteiger partial charge in [0.15, 0.2) is 6.61 Å². The number of ether oxygens (including phenoxy) is 1. The zero-order valence-electron chi connectivity index (χ0n) is 13.1. The Morgan fingerprint density at radius 2 is 2.16 bits per heavy atom. The standard InChI is InChI=1S/C14H14ClF3N4O2S/c1-2-3-4-10-21-22-13(25-10)20-11(23)8-5-9(15)12(19-6-8)24-7-14(16,17)18/h5-6H,2-4,7H2,1H3,(H,20,22,23). The van der Waals surface area contributed by atoms with Crippen LogP contribution in [0.1, 0.15) is 35.1 Å². The Hall–Kier alpha value is -1.94. The average molecular weight is 395 g/mol. The molecule has 2 aromatic rings. The third-order valence-electron chi connectivity index (χ3n) is 2.87. The van der Waals surface area contributed by atoms with Gasteiger partial charge in [-0.3, -0.25) is 10.1 Å². The van der Waals surface area contributed by atoms with E-state index in [9.17, 15) is 18.0 Å². The van der Waals surface area contributed by atoms with Gasteiger partial charge in [0, 0.05) is 12.6 Å². The first-order valence-corrected chi connectivity index (χ1v) is 8.46. The second-order valence-corrected chi connectivity index (χ2v) is 6.44. The minimum atomic E-state index is -4.51. The van der Waals surface area contributed by atoms with Crippen molar-refractivity contribution >= 4 is 34.0 Å². The molecule has 0 aliphatic heterocycles. The molecule has 1 N–H and O–H groups in total. The lowest BCUT2D eigenvalue weighted by molar-refractivity contribution is -0.154. The summed E-state index contributed by atoms with van der Waals surface area (Å²) >= 11 is 7.06. The monoisotopic (exact) mass is 394 g/mol. The summed E-state index contributed by atoms with van der Waals surface area (Å²) in [5.74, 6) is -0.941. The topological polar surface area (TPSA) is 77.0 Å². The molecular weight excluding hydrogens is 381 g/mol. The second-order valence-electron chi connectivity index (χ2n) is 4.97. The number of amides is 1. The minimum absolute atomic E-state index is 0.0645. The Bertz CT molecular complexity index is 739. The molecule has 136 valence electrons. The summed E-state index contributed by atoms with van der Waals surface area (Å²) in [6.45, 7) is 0.541. The third-order valence-corrected chi connectivity index (χ3v) is 4.04. The van der Waals surface area contributed by atoms with Crippen molar-refractivity contribution in [2.45, 2.75) is 32.4 Å². The lowest BCUT2D eigenvalue weighted by Gasteiger charge is -2.10. The molecule has 0 fully saturated rings. The molecule has 1 amide bonds. The summed E-state index contributed by atoms with van der Waals surface area (Å²) < 4.78 is 40.9. The van der Waals surface area contributed by atoms with Crippen LogP contribution in [0.25, 0.3) is 0 Å². The fourth-order valence-electron chi connectivity index (χ4n) is 1.71. The number of hydrogen-bond donors (Lipinski definition) is 1. The van der Waals surface area contributed by atoms with Gasteiger partial charge in [-0.2, -0.15) is 13.2 Å². The van der Waals surface area contributed by atoms with E-state index < -0.39 is 24.6 Å². The van der Waals surface area contributed by atoms with Crippen molar-refractivity contribution in [2.75, 3.05) is 11.9 Å². The maximum atomic E-state index is 12.1. The van der Waals surface area contributed by atoms with Gasteiger partial charge in [0.1, 0.15) is 10.0 Å². The molecule has 2 rings (SSSR count). The summed E-state index contributed by atoms with van der Waals surface area (Å²) in [7, 11) is 0. The van der Waals surface area contributed by atoms with Crippen molar-refractivity contribution in [3.63, 3.8) is 0 Å². The predicted octanol–water partition coefficient (Wildman–Crippen LogP) is 4.12. The fourth-order valence-corrected chi connectivity index (χ4v) is 2.71. The van der Waals surface area contributed by atoms with Gasteiger partial charge < -0.3 is 4.74 Å². The molecule has 0 aliphatic rings. The summed E-state index contributed by atoms with van der Waals surface area (Å²) in [6.07, 6.45) is -0.654. The van der Waals surface area contributed by atoms with E-state index >= 15 is 0 Å². The van der Waals surface area contributed by atoms with E-state index in [0.717, 1.165) is 30.5 Å². The average Bonchev–Trinajstić information content (AvgIpc) is 2.98. The highest BCUT2D eigenvalue weighted by molar-refractivity contribution is 7.15. The number of anilines is 1. The molecular formula is C14H14ClF3N4O2S. The summed E-state index contributed by atoms with van der Waals surface area (Å²) in [6, 6.07) is 1.18. The Labute approximate surface area is 150 Å². The zero-order chi connectivity index (χ0) is 18.4. The van der Waals surface area contributed by atoms with Gasteiger partial charge in [-0.05, 0) is 12.5 Å². The van der Waals surface area contributed by atoms with E-state index in [1.54, 1.807) is 0 Å². The number of aryl methyl sites for hydroxylation is 1. The van der Waals surface area contributed by atoms with Crippen molar-refractivity contribution in [1.82, 2.24) is 15.2 Å². The maximum Gasteiger partial charge on any atom is 0.422 e. The van der Waals surface area contributed by atoms with Crippen LogP contribution < -0.4 is 10.1 Å². The number of carbonyl (C=O) groups is 1. The van der Waals surface area contributed by atoms with Crippen LogP contribution in [0.5, 0.6) is 5.88 Å². The van der Waals surface area contributed by atoms with Gasteiger partial charge in [-0.25, -0.2) is 4.98 Å². The minimum Gasteiger partial charge on any atom is -0.467 e. The number of halogens is 4. The first kappa shape index (κ1) is 19.4. The Balaban J connectivity index is 1.99. The van der Waals surface area contributed by atoms with E-state index in [1.165, 1.54) is 17.4 Å². The van der Waals surface area contributed by atoms with Crippen LogP contribution >= 0.6 is 22.9 Å². The molecule has 0 unspecified atom stereocenters. The van der Waals surface area contributed by atoms with E-state index in [1.807, 2.05) is 0 Å². The Morgan fingerprint density at radius 1 is 1.40 bits per heavy atom. The first-order valence-electron chi connectivity index (χ1n) is 7.27. The molecule has 11 heteroatoms. The molecule has 0 spiro atoms. The number of alkyl halides is 3. The number of carbonyl (C=O) groups excluding carboxylic acids is 1. The van der Waals surface area contributed by atoms with Crippen LogP contribution in [0.15, 0.2) is 12.3 Å². The van der Waals surface area contributed by atoms with Crippen LogP contribution in [-0.4, -0.2) is 33.9 Å². The first-order chi connectivity index (χ1) is 11.8. The second kappa shape index (κ2) is 8.43. The molecule has 0 aliphatic carbocycles. The van der Waals surface area contributed by atoms with E-state index in [4.69, 9.17) is 11.6 Å². The lowest BCUT2D eigenvalue weighted by atomic mass is 10.2. The highest BCUT2D eigenvalue weighted by Crippen LogP contribution is 2.25. The van der Waals surface area contributed by atoms with Crippen LogP contribution in [0, 0.1) is 0 Å². The van der Waals surface area contributed by atoms with Gasteiger partial charge in [0.25, 0.3) is 5.91 Å². The van der Waals surface area contributed by atoms with Crippen LogP contribution in [0.4, 0.5) is 18.3 Å². The number of nitrogens with zero attached hydrogens (tertiary/aromatic N) is 3. The number of nitrogens with one attached hydrogen (secondary N) is 1. The molecule has 0 saturated carbocycles. The van der Waals surface area contributed by atoms with Gasteiger partial charge in [-0.15, -0.1) is 10.2 Å². The van der Waals surface area contributed by atoms with Crippen molar-refractivity contribution in [3.8, 4) is 5.88 Å². The molecule has 2 aromatic heterocycles. The number of aromatic nitrogens is 3. The van der Waals surface area contributed by atoms with Crippen LogP contribution in [0.3, 0.4) is 0 Å². The van der Waals surface area contributed by atoms with Crippen molar-refractivity contribution < 1.29 is 22.7 Å². The van der Waals surface area contributed by atoms with Crippen LogP contribution in [0.2, 0.25) is 5.02 Å². The molecule has 0 radical (unpaired) electrons. The smallest absolute Gasteiger partial charge is 0.422 e. The SMILES string of the molecule is CCCCc1nnc(NC(=O)c2cnc(OCC(F)(F)F)c(Cl)c2)s1. The number of unbranched alkanes of at least 4 members (excludes halogenated alkanes) is 1. The Morgan fingerprint density at radius 3 is 2.80 bits per heavy atom. The van der Waals surface area contributed by atoms with Gasteiger partial charge >= 0.3 is 6.18 Å². The highest BCUT2D eigenvalue weighted by Gasteiger charge is 2.29. The molecule has 6 nitrogen and oxygen atoms in total. The largest absolute Gasteiger partial charge is 0.467 e. The van der Waals surface area contributed by atoms with Gasteiger partial charge in [-0.1, -0.05) is 36.3 Å². The maximum absolute atomic E-state index is 12.1. The molecule has 25 heavy (non-hydrogen) atoms. The summed E-state index contributed by atoms with van der Waals surface area (Å²) in [5, 5.41) is 11.3. The van der Waals surface area contributed by atoms with E-state index in [2.05, 4.69) is 32.2 Å². The van der Waals surface area contributed by atoms with E-state index in [-0.39, 0.29) is 10.6 Å². The lowest BCUT2D eigenvalue weighted by Crippen LogP contribution is -2.20. The van der Waals surface area contributed by atoms with Crippen molar-refractivity contribution in [1.29, 1.82) is 0 Å². The predicted molar refractivity (Wildman–Crippen MR) is 87.3 cm³/mol. The molecule has 0 atom stereocenters. The van der Waals surface area contributed by atoms with E-state index in [0.29, 0.717) is 5.13 Å². The normalized spacial score (nSPS) is 11.4. The van der Waals surface area contributed by atoms with Crippen molar-refractivity contribution in [2.24, 2.45) is 0 Å². The van der Waals surface area contributed by atoms with Crippen LogP contribution in [-0.2, 0) is 6.42 Å².